The van der Waals surface area contributed by atoms with E-state index in [1.807, 2.05) is 18.2 Å². The Labute approximate surface area is 298 Å². The van der Waals surface area contributed by atoms with Crippen molar-refractivity contribution < 1.29 is 41.8 Å². The van der Waals surface area contributed by atoms with Crippen molar-refractivity contribution in [2.45, 2.75) is 128 Å². The molecular weight excluding hydrogens is 665 g/mol. The number of esters is 1. The Morgan fingerprint density at radius 2 is 1.55 bits per heavy atom. The molecule has 4 atom stereocenters. The average Bonchev–Trinajstić information content (AvgIpc) is 3.39. The molecule has 0 aliphatic carbocycles. The molecule has 13 heteroatoms. The number of aryl methyl sites for hydroxylation is 1. The fraction of sp³-hybridized carbons (Fsp3) is 0.579. The highest BCUT2D eigenvalue weighted by Gasteiger charge is 2.47. The number of alkyl halides is 3. The summed E-state index contributed by atoms with van der Waals surface area (Å²) in [5.41, 5.74) is -0.647. The molecule has 0 bridgehead atoms. The number of fused-ring (bicyclic) bond motifs is 1. The second kappa shape index (κ2) is 16.5. The van der Waals surface area contributed by atoms with Gasteiger partial charge in [-0.25, -0.2) is 4.79 Å². The molecule has 2 aliphatic heterocycles. The number of benzene rings is 2. The molecule has 0 saturated carbocycles. The van der Waals surface area contributed by atoms with Crippen molar-refractivity contribution in [3.05, 3.63) is 71.3 Å². The number of alkyl carbamates (subject to hydrolysis) is 1. The summed E-state index contributed by atoms with van der Waals surface area (Å²) >= 11 is 0. The molecule has 1 unspecified atom stereocenters. The van der Waals surface area contributed by atoms with Crippen molar-refractivity contribution in [3.63, 3.8) is 0 Å². The number of hydrogen-bond acceptors (Lipinski definition) is 7. The molecule has 2 N–H and O–H groups in total. The Morgan fingerprint density at radius 3 is 2.16 bits per heavy atom. The number of nitrogens with zero attached hydrogens (tertiary/aromatic N) is 2. The predicted octanol–water partition coefficient (Wildman–Crippen LogP) is 6.01. The molecule has 51 heavy (non-hydrogen) atoms. The van der Waals surface area contributed by atoms with Gasteiger partial charge in [0.1, 0.15) is 17.2 Å². The Balaban J connectivity index is 1.57. The molecule has 0 aromatic heterocycles. The normalized spacial score (nSPS) is 20.6. The maximum Gasteiger partial charge on any atom is 0.416 e. The molecule has 3 amide bonds. The monoisotopic (exact) mass is 716 g/mol. The molecule has 0 radical (unpaired) electrons. The maximum absolute atomic E-state index is 14.5. The van der Waals surface area contributed by atoms with E-state index < -0.39 is 53.0 Å². The number of carbonyl (C=O) groups is 4. The lowest BCUT2D eigenvalue weighted by Gasteiger charge is -2.32. The molecule has 2 aromatic carbocycles. The second-order valence-electron chi connectivity index (χ2n) is 15.3. The lowest BCUT2D eigenvalue weighted by molar-refractivity contribution is -0.156. The zero-order chi connectivity index (χ0) is 37.6. The van der Waals surface area contributed by atoms with Gasteiger partial charge in [0.25, 0.3) is 0 Å². The molecule has 4 rings (SSSR count). The molecule has 280 valence electrons. The number of hydrogen-bond donors (Lipinski definition) is 2. The molecule has 2 aromatic rings. The van der Waals surface area contributed by atoms with Gasteiger partial charge in [-0.3, -0.25) is 19.3 Å². The van der Waals surface area contributed by atoms with E-state index in [4.69, 9.17) is 9.47 Å². The third-order valence-electron chi connectivity index (χ3n) is 8.88. The summed E-state index contributed by atoms with van der Waals surface area (Å²) in [6, 6.07) is 12.4. The van der Waals surface area contributed by atoms with Crippen molar-refractivity contribution in [2.75, 3.05) is 13.1 Å². The third kappa shape index (κ3) is 12.0. The number of amides is 3. The number of ether oxygens (including phenoxy) is 2. The van der Waals surface area contributed by atoms with Crippen LogP contribution in [0.2, 0.25) is 0 Å². The number of rotatable bonds is 11. The van der Waals surface area contributed by atoms with Crippen LogP contribution in [0.3, 0.4) is 0 Å². The van der Waals surface area contributed by atoms with Crippen LogP contribution in [-0.2, 0) is 43.0 Å². The Kier molecular flexibility index (Phi) is 12.8. The fourth-order valence-electron chi connectivity index (χ4n) is 6.63. The first kappa shape index (κ1) is 39.7. The SMILES string of the molecule is CC(C)(C)OC(=O)CC[C@H](C(=O)NCc1ccc(C(F)(F)F)cc1)N1CCC(CCc2ccccc2)N2C[C@H](NC(=O)OC(C)(C)C)C[C@H]2C1=O. The Morgan fingerprint density at radius 1 is 0.902 bits per heavy atom. The van der Waals surface area contributed by atoms with Crippen LogP contribution in [0.1, 0.15) is 90.3 Å². The second-order valence-corrected chi connectivity index (χ2v) is 15.3. The average molecular weight is 717 g/mol. The van der Waals surface area contributed by atoms with Crippen molar-refractivity contribution in [1.82, 2.24) is 20.4 Å². The lowest BCUT2D eigenvalue weighted by Crippen LogP contribution is -2.53. The zero-order valence-corrected chi connectivity index (χ0v) is 30.3. The summed E-state index contributed by atoms with van der Waals surface area (Å²) < 4.78 is 50.3. The van der Waals surface area contributed by atoms with E-state index in [0.29, 0.717) is 24.9 Å². The van der Waals surface area contributed by atoms with E-state index in [1.165, 1.54) is 17.0 Å². The number of halogens is 3. The standard InChI is InChI=1S/C38H51F3N4O6/c1-36(2,3)50-32(46)19-18-30(33(47)42-23-26-12-15-27(16-13-26)38(39,40)41)44-21-20-29(17-14-25-10-8-7-9-11-25)45-24-28(22-31(45)34(44)48)43-35(49)51-37(4,5)6/h7-13,15-16,28-31H,14,17-24H2,1-6H3,(H,42,47)(H,43,49)/t28-,29?,30-,31+/m1/s1. The van der Waals surface area contributed by atoms with Crippen LogP contribution in [-0.4, -0.2) is 82.1 Å². The first-order valence-corrected chi connectivity index (χ1v) is 17.5. The minimum absolute atomic E-state index is 0.0134. The molecule has 10 nitrogen and oxygen atoms in total. The van der Waals surface area contributed by atoms with Gasteiger partial charge in [-0.1, -0.05) is 42.5 Å². The molecular formula is C38H51F3N4O6. The number of nitrogens with one attached hydrogen (secondary N) is 2. The summed E-state index contributed by atoms with van der Waals surface area (Å²) in [6.45, 7) is 11.1. The predicted molar refractivity (Wildman–Crippen MR) is 185 cm³/mol. The minimum Gasteiger partial charge on any atom is -0.460 e. The first-order valence-electron chi connectivity index (χ1n) is 17.5. The third-order valence-corrected chi connectivity index (χ3v) is 8.88. The largest absolute Gasteiger partial charge is 0.460 e. The summed E-state index contributed by atoms with van der Waals surface area (Å²) in [7, 11) is 0. The molecule has 0 spiro atoms. The topological polar surface area (TPSA) is 117 Å². The van der Waals surface area contributed by atoms with Gasteiger partial charge in [-0.2, -0.15) is 13.2 Å². The van der Waals surface area contributed by atoms with Crippen LogP contribution < -0.4 is 10.6 Å². The summed E-state index contributed by atoms with van der Waals surface area (Å²) in [5, 5.41) is 5.71. The van der Waals surface area contributed by atoms with Crippen molar-refractivity contribution in [3.8, 4) is 0 Å². The van der Waals surface area contributed by atoms with E-state index in [0.717, 1.165) is 30.5 Å². The molecule has 2 saturated heterocycles. The van der Waals surface area contributed by atoms with Crippen LogP contribution >= 0.6 is 0 Å². The van der Waals surface area contributed by atoms with E-state index in [9.17, 15) is 32.3 Å². The summed E-state index contributed by atoms with van der Waals surface area (Å²) in [6.07, 6.45) is -2.85. The zero-order valence-electron chi connectivity index (χ0n) is 30.3. The van der Waals surface area contributed by atoms with Crippen LogP contribution in [0.15, 0.2) is 54.6 Å². The fourth-order valence-corrected chi connectivity index (χ4v) is 6.63. The minimum atomic E-state index is -4.49. The Hall–Kier alpha value is -4.13. The molecule has 2 heterocycles. The highest BCUT2D eigenvalue weighted by Crippen LogP contribution is 2.32. The van der Waals surface area contributed by atoms with E-state index >= 15 is 0 Å². The molecule has 2 aliphatic rings. The van der Waals surface area contributed by atoms with Crippen molar-refractivity contribution in [2.24, 2.45) is 0 Å². The van der Waals surface area contributed by atoms with Gasteiger partial charge in [0, 0.05) is 38.1 Å². The van der Waals surface area contributed by atoms with Gasteiger partial charge in [-0.05, 0) is 96.9 Å². The van der Waals surface area contributed by atoms with Gasteiger partial charge < -0.3 is 25.0 Å². The highest BCUT2D eigenvalue weighted by molar-refractivity contribution is 5.90. The van der Waals surface area contributed by atoms with Gasteiger partial charge in [-0.15, -0.1) is 0 Å². The smallest absolute Gasteiger partial charge is 0.416 e. The van der Waals surface area contributed by atoms with E-state index in [-0.39, 0.29) is 43.9 Å². The molecule has 2 fully saturated rings. The van der Waals surface area contributed by atoms with Crippen molar-refractivity contribution >= 4 is 23.9 Å². The summed E-state index contributed by atoms with van der Waals surface area (Å²) in [5.74, 6) is -1.33. The van der Waals surface area contributed by atoms with E-state index in [1.54, 1.807) is 41.5 Å². The van der Waals surface area contributed by atoms with Gasteiger partial charge >= 0.3 is 18.2 Å². The first-order chi connectivity index (χ1) is 23.8. The van der Waals surface area contributed by atoms with Crippen molar-refractivity contribution in [1.29, 1.82) is 0 Å². The van der Waals surface area contributed by atoms with Crippen LogP contribution in [0.5, 0.6) is 0 Å². The van der Waals surface area contributed by atoms with Gasteiger partial charge in [0.05, 0.1) is 11.6 Å². The maximum atomic E-state index is 14.5. The highest BCUT2D eigenvalue weighted by atomic mass is 19.4. The van der Waals surface area contributed by atoms with Crippen LogP contribution in [0.25, 0.3) is 0 Å². The quantitative estimate of drug-likeness (QED) is 0.274. The van der Waals surface area contributed by atoms with Gasteiger partial charge in [0.15, 0.2) is 0 Å². The van der Waals surface area contributed by atoms with Gasteiger partial charge in [0.2, 0.25) is 11.8 Å². The van der Waals surface area contributed by atoms with Crippen LogP contribution in [0.4, 0.5) is 18.0 Å². The lowest BCUT2D eigenvalue weighted by atomic mass is 10.0. The number of carbonyl (C=O) groups excluding carboxylic acids is 4. The van der Waals surface area contributed by atoms with Crippen LogP contribution in [0, 0.1) is 0 Å². The summed E-state index contributed by atoms with van der Waals surface area (Å²) in [4.78, 5) is 57.6. The Bertz CT molecular complexity index is 1500. The van der Waals surface area contributed by atoms with E-state index in [2.05, 4.69) is 27.7 Å².